The van der Waals surface area contributed by atoms with Gasteiger partial charge in [-0.1, -0.05) is 24.3 Å². The van der Waals surface area contributed by atoms with Gasteiger partial charge in [0.05, 0.1) is 22.8 Å². The minimum absolute atomic E-state index is 0.193. The maximum Gasteiger partial charge on any atom is 0.416 e. The summed E-state index contributed by atoms with van der Waals surface area (Å²) >= 11 is 0. The first-order valence-electron chi connectivity index (χ1n) is 6.53. The van der Waals surface area contributed by atoms with Crippen LogP contribution in [0.2, 0.25) is 0 Å². The first kappa shape index (κ1) is 15.0. The molecular weight excluding hydrogens is 309 g/mol. The molecule has 0 radical (unpaired) electrons. The first-order valence-corrected chi connectivity index (χ1v) is 6.53. The number of carbonyl (C=O) groups is 1. The largest absolute Gasteiger partial charge is 0.476 e. The van der Waals surface area contributed by atoms with Crippen LogP contribution in [-0.4, -0.2) is 21.0 Å². The zero-order chi connectivity index (χ0) is 16.6. The number of halogens is 3. The molecule has 0 saturated carbocycles. The van der Waals surface area contributed by atoms with E-state index in [9.17, 15) is 18.0 Å². The molecule has 0 fully saturated rings. The maximum absolute atomic E-state index is 12.6. The van der Waals surface area contributed by atoms with Crippen molar-refractivity contribution in [2.75, 3.05) is 0 Å². The summed E-state index contributed by atoms with van der Waals surface area (Å²) in [5.41, 5.74) is 0.990. The van der Waals surface area contributed by atoms with Gasteiger partial charge in [-0.15, -0.1) is 0 Å². The minimum Gasteiger partial charge on any atom is -0.476 e. The van der Waals surface area contributed by atoms with Gasteiger partial charge in [-0.05, 0) is 23.8 Å². The van der Waals surface area contributed by atoms with Gasteiger partial charge in [-0.25, -0.2) is 9.78 Å². The van der Waals surface area contributed by atoms with Crippen molar-refractivity contribution in [1.29, 1.82) is 0 Å². The fraction of sp³-hybridized carbons (Fsp3) is 0.0625. The van der Waals surface area contributed by atoms with Gasteiger partial charge in [-0.2, -0.15) is 13.2 Å². The second-order valence-corrected chi connectivity index (χ2v) is 4.81. The van der Waals surface area contributed by atoms with Crippen LogP contribution in [0.3, 0.4) is 0 Å². The Morgan fingerprint density at radius 3 is 2.35 bits per heavy atom. The number of fused-ring (bicyclic) bond motifs is 1. The van der Waals surface area contributed by atoms with Crippen LogP contribution in [0.15, 0.2) is 48.7 Å². The number of carboxylic acids is 1. The van der Waals surface area contributed by atoms with Crippen LogP contribution in [-0.2, 0) is 6.18 Å². The van der Waals surface area contributed by atoms with Crippen molar-refractivity contribution in [3.63, 3.8) is 0 Å². The standard InChI is InChI=1S/C16H9F3N2O2/c17-16(18,19)10-6-4-9(5-7-10)11-2-1-3-12-14(11)20-8-13(21-12)15(22)23/h1-8H,(H,22,23). The third-order valence-corrected chi connectivity index (χ3v) is 3.31. The van der Waals surface area contributed by atoms with Gasteiger partial charge in [0.2, 0.25) is 0 Å². The molecule has 0 unspecified atom stereocenters. The molecule has 0 bridgehead atoms. The predicted octanol–water partition coefficient (Wildman–Crippen LogP) is 4.01. The smallest absolute Gasteiger partial charge is 0.416 e. The Kier molecular flexibility index (Phi) is 3.48. The fourth-order valence-electron chi connectivity index (χ4n) is 2.22. The molecule has 3 rings (SSSR count). The van der Waals surface area contributed by atoms with Crippen molar-refractivity contribution < 1.29 is 23.1 Å². The molecule has 4 nitrogen and oxygen atoms in total. The van der Waals surface area contributed by atoms with E-state index in [0.717, 1.165) is 18.3 Å². The fourth-order valence-corrected chi connectivity index (χ4v) is 2.22. The number of hydrogen-bond acceptors (Lipinski definition) is 3. The summed E-state index contributed by atoms with van der Waals surface area (Å²) in [4.78, 5) is 19.0. The Morgan fingerprint density at radius 2 is 1.74 bits per heavy atom. The van der Waals surface area contributed by atoms with E-state index in [-0.39, 0.29) is 5.69 Å². The first-order chi connectivity index (χ1) is 10.9. The molecule has 0 spiro atoms. The number of rotatable bonds is 2. The highest BCUT2D eigenvalue weighted by molar-refractivity contribution is 5.94. The minimum atomic E-state index is -4.40. The van der Waals surface area contributed by atoms with Gasteiger partial charge in [-0.3, -0.25) is 4.98 Å². The average molecular weight is 318 g/mol. The second-order valence-electron chi connectivity index (χ2n) is 4.81. The molecular formula is C16H9F3N2O2. The van der Waals surface area contributed by atoms with Crippen LogP contribution < -0.4 is 0 Å². The van der Waals surface area contributed by atoms with E-state index < -0.39 is 17.7 Å². The van der Waals surface area contributed by atoms with Crippen molar-refractivity contribution in [2.24, 2.45) is 0 Å². The van der Waals surface area contributed by atoms with Crippen LogP contribution in [0.1, 0.15) is 16.1 Å². The number of hydrogen-bond donors (Lipinski definition) is 1. The Balaban J connectivity index is 2.11. The molecule has 0 atom stereocenters. The predicted molar refractivity (Wildman–Crippen MR) is 76.9 cm³/mol. The van der Waals surface area contributed by atoms with Gasteiger partial charge in [0.15, 0.2) is 5.69 Å². The van der Waals surface area contributed by atoms with E-state index in [0.29, 0.717) is 22.2 Å². The summed E-state index contributed by atoms with van der Waals surface area (Å²) in [6.45, 7) is 0. The third kappa shape index (κ3) is 2.85. The Labute approximate surface area is 128 Å². The molecule has 0 saturated heterocycles. The highest BCUT2D eigenvalue weighted by Crippen LogP contribution is 2.32. The summed E-state index contributed by atoms with van der Waals surface area (Å²) in [5, 5.41) is 8.93. The number of nitrogens with zero attached hydrogens (tertiary/aromatic N) is 2. The number of aromatic nitrogens is 2. The molecule has 7 heteroatoms. The Morgan fingerprint density at radius 1 is 1.04 bits per heavy atom. The molecule has 2 aromatic carbocycles. The molecule has 1 N–H and O–H groups in total. The highest BCUT2D eigenvalue weighted by Gasteiger charge is 2.30. The summed E-state index contributed by atoms with van der Waals surface area (Å²) in [6.07, 6.45) is -3.27. The Hall–Kier alpha value is -2.96. The van der Waals surface area contributed by atoms with Gasteiger partial charge in [0, 0.05) is 5.56 Å². The van der Waals surface area contributed by atoms with Crippen molar-refractivity contribution in [2.45, 2.75) is 6.18 Å². The van der Waals surface area contributed by atoms with E-state index in [4.69, 9.17) is 5.11 Å². The molecule has 0 aliphatic rings. The summed E-state index contributed by atoms with van der Waals surface area (Å²) in [5.74, 6) is -1.20. The van der Waals surface area contributed by atoms with E-state index in [1.165, 1.54) is 12.1 Å². The maximum atomic E-state index is 12.6. The van der Waals surface area contributed by atoms with Gasteiger partial charge < -0.3 is 5.11 Å². The molecule has 1 aromatic heterocycles. The van der Waals surface area contributed by atoms with Crippen LogP contribution in [0.4, 0.5) is 13.2 Å². The topological polar surface area (TPSA) is 63.1 Å². The quantitative estimate of drug-likeness (QED) is 0.775. The SMILES string of the molecule is O=C(O)c1cnc2c(-c3ccc(C(F)(F)F)cc3)cccc2n1. The van der Waals surface area contributed by atoms with E-state index in [1.54, 1.807) is 18.2 Å². The van der Waals surface area contributed by atoms with Gasteiger partial charge >= 0.3 is 12.1 Å². The van der Waals surface area contributed by atoms with Crippen LogP contribution in [0.5, 0.6) is 0 Å². The lowest BCUT2D eigenvalue weighted by Gasteiger charge is -2.09. The lowest BCUT2D eigenvalue weighted by Crippen LogP contribution is -2.04. The van der Waals surface area contributed by atoms with E-state index >= 15 is 0 Å². The lowest BCUT2D eigenvalue weighted by atomic mass is 10.0. The molecule has 116 valence electrons. The van der Waals surface area contributed by atoms with Crippen LogP contribution in [0, 0.1) is 0 Å². The molecule has 23 heavy (non-hydrogen) atoms. The lowest BCUT2D eigenvalue weighted by molar-refractivity contribution is -0.137. The zero-order valence-corrected chi connectivity index (χ0v) is 11.5. The number of para-hydroxylation sites is 1. The average Bonchev–Trinajstić information content (AvgIpc) is 2.53. The summed E-state index contributed by atoms with van der Waals surface area (Å²) in [7, 11) is 0. The van der Waals surface area contributed by atoms with Crippen molar-refractivity contribution in [3.05, 3.63) is 59.9 Å². The molecule has 0 aliphatic heterocycles. The monoisotopic (exact) mass is 318 g/mol. The summed E-state index contributed by atoms with van der Waals surface area (Å²) in [6, 6.07) is 9.63. The van der Waals surface area contributed by atoms with Crippen LogP contribution >= 0.6 is 0 Å². The molecule has 3 aromatic rings. The molecule has 0 amide bonds. The zero-order valence-electron chi connectivity index (χ0n) is 11.5. The molecule has 1 heterocycles. The van der Waals surface area contributed by atoms with Crippen molar-refractivity contribution >= 4 is 17.0 Å². The van der Waals surface area contributed by atoms with E-state index in [1.807, 2.05) is 0 Å². The highest BCUT2D eigenvalue weighted by atomic mass is 19.4. The number of aromatic carboxylic acids is 1. The number of benzene rings is 2. The van der Waals surface area contributed by atoms with Gasteiger partial charge in [0.25, 0.3) is 0 Å². The van der Waals surface area contributed by atoms with Crippen molar-refractivity contribution in [3.8, 4) is 11.1 Å². The normalized spacial score (nSPS) is 11.6. The Bertz CT molecular complexity index is 890. The van der Waals surface area contributed by atoms with Crippen molar-refractivity contribution in [1.82, 2.24) is 9.97 Å². The number of alkyl halides is 3. The number of carboxylic acid groups (broad SMARTS) is 1. The van der Waals surface area contributed by atoms with E-state index in [2.05, 4.69) is 9.97 Å². The van der Waals surface area contributed by atoms with Gasteiger partial charge in [0.1, 0.15) is 0 Å². The molecule has 0 aliphatic carbocycles. The summed E-state index contributed by atoms with van der Waals surface area (Å²) < 4.78 is 37.9. The van der Waals surface area contributed by atoms with Crippen LogP contribution in [0.25, 0.3) is 22.2 Å². The second kappa shape index (κ2) is 5.35. The third-order valence-electron chi connectivity index (χ3n) is 3.31.